The lowest BCUT2D eigenvalue weighted by Gasteiger charge is -2.21. The summed E-state index contributed by atoms with van der Waals surface area (Å²) in [7, 11) is 0. The van der Waals surface area contributed by atoms with Gasteiger partial charge in [0, 0.05) is 6.61 Å². The highest BCUT2D eigenvalue weighted by atomic mass is 16.7. The second-order valence-electron chi connectivity index (χ2n) is 5.00. The predicted molar refractivity (Wildman–Crippen MR) is 80.9 cm³/mol. The highest BCUT2D eigenvalue weighted by Gasteiger charge is 2.15. The lowest BCUT2D eigenvalue weighted by atomic mass is 9.84. The topological polar surface area (TPSA) is 18.5 Å². The third kappa shape index (κ3) is 5.58. The van der Waals surface area contributed by atoms with E-state index in [1.807, 2.05) is 6.08 Å². The molecule has 2 heteroatoms. The van der Waals surface area contributed by atoms with Crippen LogP contribution in [0, 0.1) is 11.8 Å². The molecule has 0 saturated heterocycles. The Morgan fingerprint density at radius 1 is 1.37 bits per heavy atom. The molecule has 0 saturated carbocycles. The summed E-state index contributed by atoms with van der Waals surface area (Å²) in [5.41, 5.74) is 2.43. The van der Waals surface area contributed by atoms with Gasteiger partial charge in [0.1, 0.15) is 6.79 Å². The van der Waals surface area contributed by atoms with Crippen molar-refractivity contribution in [2.75, 3.05) is 20.0 Å². The molecule has 106 valence electrons. The molecule has 0 aromatic heterocycles. The largest absolute Gasteiger partial charge is 0.355 e. The average Bonchev–Trinajstić information content (AvgIpc) is 2.42. The SMILES string of the molecule is C=C/C(=C\C1=CC=CC(C)C1C)COCOCCC. The summed E-state index contributed by atoms with van der Waals surface area (Å²) in [6, 6.07) is 0. The van der Waals surface area contributed by atoms with Gasteiger partial charge in [-0.1, -0.05) is 57.7 Å². The maximum atomic E-state index is 5.49. The zero-order valence-corrected chi connectivity index (χ0v) is 12.4. The second-order valence-corrected chi connectivity index (χ2v) is 5.00. The summed E-state index contributed by atoms with van der Waals surface area (Å²) in [5, 5.41) is 0. The van der Waals surface area contributed by atoms with Crippen molar-refractivity contribution in [1.82, 2.24) is 0 Å². The monoisotopic (exact) mass is 262 g/mol. The van der Waals surface area contributed by atoms with Gasteiger partial charge < -0.3 is 9.47 Å². The summed E-state index contributed by atoms with van der Waals surface area (Å²) in [6.45, 7) is 12.1. The first-order chi connectivity index (χ1) is 9.19. The van der Waals surface area contributed by atoms with Crippen molar-refractivity contribution in [2.24, 2.45) is 11.8 Å². The molecule has 0 N–H and O–H groups in total. The van der Waals surface area contributed by atoms with Crippen molar-refractivity contribution in [3.63, 3.8) is 0 Å². The van der Waals surface area contributed by atoms with E-state index >= 15 is 0 Å². The van der Waals surface area contributed by atoms with Crippen LogP contribution in [0.4, 0.5) is 0 Å². The van der Waals surface area contributed by atoms with Gasteiger partial charge in [-0.15, -0.1) is 0 Å². The van der Waals surface area contributed by atoms with E-state index in [4.69, 9.17) is 9.47 Å². The summed E-state index contributed by atoms with van der Waals surface area (Å²) in [6.07, 6.45) is 11.6. The molecule has 1 rings (SSSR count). The number of hydrogen-bond acceptors (Lipinski definition) is 2. The molecule has 0 aliphatic heterocycles. The van der Waals surface area contributed by atoms with Crippen LogP contribution in [-0.2, 0) is 9.47 Å². The number of hydrogen-bond donors (Lipinski definition) is 0. The van der Waals surface area contributed by atoms with Gasteiger partial charge in [-0.25, -0.2) is 0 Å². The van der Waals surface area contributed by atoms with Crippen molar-refractivity contribution < 1.29 is 9.47 Å². The van der Waals surface area contributed by atoms with Crippen LogP contribution in [0.15, 0.2) is 48.1 Å². The summed E-state index contributed by atoms with van der Waals surface area (Å²) < 4.78 is 10.8. The minimum Gasteiger partial charge on any atom is -0.355 e. The molecule has 2 nitrogen and oxygen atoms in total. The molecule has 0 aromatic rings. The molecule has 1 aliphatic rings. The van der Waals surface area contributed by atoms with Gasteiger partial charge in [-0.3, -0.25) is 0 Å². The Kier molecular flexibility index (Phi) is 7.46. The van der Waals surface area contributed by atoms with Crippen LogP contribution in [0.25, 0.3) is 0 Å². The van der Waals surface area contributed by atoms with Gasteiger partial charge in [0.05, 0.1) is 6.61 Å². The van der Waals surface area contributed by atoms with Crippen LogP contribution < -0.4 is 0 Å². The van der Waals surface area contributed by atoms with Crippen molar-refractivity contribution in [1.29, 1.82) is 0 Å². The molecule has 0 fully saturated rings. The van der Waals surface area contributed by atoms with E-state index in [-0.39, 0.29) is 0 Å². The molecule has 1 aliphatic carbocycles. The van der Waals surface area contributed by atoms with Crippen molar-refractivity contribution in [2.45, 2.75) is 27.2 Å². The van der Waals surface area contributed by atoms with Crippen LogP contribution >= 0.6 is 0 Å². The molecule has 0 radical (unpaired) electrons. The van der Waals surface area contributed by atoms with Crippen molar-refractivity contribution in [3.05, 3.63) is 48.1 Å². The van der Waals surface area contributed by atoms with E-state index in [0.717, 1.165) is 18.6 Å². The fourth-order valence-corrected chi connectivity index (χ4v) is 1.94. The number of rotatable bonds is 8. The van der Waals surface area contributed by atoms with E-state index < -0.39 is 0 Å². The van der Waals surface area contributed by atoms with Gasteiger partial charge in [-0.05, 0) is 29.4 Å². The first-order valence-corrected chi connectivity index (χ1v) is 7.06. The molecule has 2 atom stereocenters. The van der Waals surface area contributed by atoms with Gasteiger partial charge in [-0.2, -0.15) is 0 Å². The first-order valence-electron chi connectivity index (χ1n) is 7.06. The smallest absolute Gasteiger partial charge is 0.147 e. The van der Waals surface area contributed by atoms with Gasteiger partial charge in [0.15, 0.2) is 0 Å². The molecule has 19 heavy (non-hydrogen) atoms. The molecule has 0 spiro atoms. The zero-order valence-electron chi connectivity index (χ0n) is 12.4. The second kappa shape index (κ2) is 8.89. The minimum absolute atomic E-state index is 0.351. The lowest BCUT2D eigenvalue weighted by Crippen LogP contribution is -2.11. The Morgan fingerprint density at radius 2 is 2.16 bits per heavy atom. The van der Waals surface area contributed by atoms with Crippen molar-refractivity contribution in [3.8, 4) is 0 Å². The molecule has 0 heterocycles. The lowest BCUT2D eigenvalue weighted by molar-refractivity contribution is -0.0450. The first kappa shape index (κ1) is 15.9. The highest BCUT2D eigenvalue weighted by molar-refractivity contribution is 5.36. The standard InChI is InChI=1S/C17H26O2/c1-5-10-18-13-19-12-16(6-2)11-17-9-7-8-14(3)15(17)4/h6-9,11,14-15H,2,5,10,12-13H2,1,3-4H3/b16-11+. The predicted octanol–water partition coefficient (Wildman–Crippen LogP) is 4.27. The minimum atomic E-state index is 0.351. The maximum Gasteiger partial charge on any atom is 0.147 e. The van der Waals surface area contributed by atoms with Crippen LogP contribution in [0.5, 0.6) is 0 Å². The van der Waals surface area contributed by atoms with Crippen LogP contribution in [0.1, 0.15) is 27.2 Å². The van der Waals surface area contributed by atoms with Gasteiger partial charge in [0.25, 0.3) is 0 Å². The number of allylic oxidation sites excluding steroid dienone is 5. The number of ether oxygens (including phenoxy) is 2. The van der Waals surface area contributed by atoms with Crippen LogP contribution in [0.3, 0.4) is 0 Å². The Balaban J connectivity index is 2.49. The Bertz CT molecular complexity index is 363. The molecule has 0 aromatic carbocycles. The Hall–Kier alpha value is -1.12. The van der Waals surface area contributed by atoms with E-state index in [1.54, 1.807) is 0 Å². The van der Waals surface area contributed by atoms with E-state index in [2.05, 4.69) is 51.7 Å². The zero-order chi connectivity index (χ0) is 14.1. The van der Waals surface area contributed by atoms with E-state index in [0.29, 0.717) is 25.2 Å². The van der Waals surface area contributed by atoms with Crippen molar-refractivity contribution >= 4 is 0 Å². The molecule has 0 bridgehead atoms. The molecule has 2 unspecified atom stereocenters. The Morgan fingerprint density at radius 3 is 2.84 bits per heavy atom. The maximum absolute atomic E-state index is 5.49. The highest BCUT2D eigenvalue weighted by Crippen LogP contribution is 2.27. The van der Waals surface area contributed by atoms with Gasteiger partial charge >= 0.3 is 0 Å². The molecular weight excluding hydrogens is 236 g/mol. The fraction of sp³-hybridized carbons (Fsp3) is 0.529. The van der Waals surface area contributed by atoms with Crippen LogP contribution in [0.2, 0.25) is 0 Å². The van der Waals surface area contributed by atoms with E-state index in [1.165, 1.54) is 5.57 Å². The summed E-state index contributed by atoms with van der Waals surface area (Å²) in [5.74, 6) is 1.12. The van der Waals surface area contributed by atoms with Gasteiger partial charge in [0.2, 0.25) is 0 Å². The average molecular weight is 262 g/mol. The third-order valence-electron chi connectivity index (χ3n) is 3.42. The summed E-state index contributed by atoms with van der Waals surface area (Å²) >= 11 is 0. The Labute approximate surface area is 117 Å². The fourth-order valence-electron chi connectivity index (χ4n) is 1.94. The molecule has 0 amide bonds. The third-order valence-corrected chi connectivity index (χ3v) is 3.42. The van der Waals surface area contributed by atoms with E-state index in [9.17, 15) is 0 Å². The summed E-state index contributed by atoms with van der Waals surface area (Å²) in [4.78, 5) is 0. The quantitative estimate of drug-likeness (QED) is 0.369. The molecular formula is C17H26O2. The normalized spacial score (nSPS) is 23.3. The van der Waals surface area contributed by atoms with Crippen LogP contribution in [-0.4, -0.2) is 20.0 Å².